The number of hydrogen-bond acceptors (Lipinski definition) is 4. The highest BCUT2D eigenvalue weighted by molar-refractivity contribution is 7.10. The third kappa shape index (κ3) is 5.65. The van der Waals surface area contributed by atoms with E-state index in [1.165, 1.54) is 22.3 Å². The lowest BCUT2D eigenvalue weighted by Crippen LogP contribution is -2.47. The van der Waals surface area contributed by atoms with Crippen molar-refractivity contribution in [3.05, 3.63) is 82.3 Å². The third-order valence-corrected chi connectivity index (χ3v) is 6.87. The van der Waals surface area contributed by atoms with E-state index in [4.69, 9.17) is 4.74 Å². The number of nitrogens with one attached hydrogen (secondary N) is 1. The van der Waals surface area contributed by atoms with Gasteiger partial charge in [-0.3, -0.25) is 14.5 Å². The molecule has 1 fully saturated rings. The van der Waals surface area contributed by atoms with Gasteiger partial charge in [-0.1, -0.05) is 43.2 Å². The Morgan fingerprint density at radius 3 is 2.62 bits per heavy atom. The minimum atomic E-state index is -1.15. The van der Waals surface area contributed by atoms with Crippen molar-refractivity contribution in [1.29, 1.82) is 0 Å². The molecule has 0 saturated heterocycles. The molecule has 1 N–H and O–H groups in total. The average Bonchev–Trinajstić information content (AvgIpc) is 3.53. The van der Waals surface area contributed by atoms with Crippen LogP contribution in [-0.2, 0) is 16.0 Å². The highest BCUT2D eigenvalue weighted by Gasteiger charge is 2.36. The molecule has 1 heterocycles. The minimum absolute atomic E-state index is 0.0331. The van der Waals surface area contributed by atoms with Crippen LogP contribution in [0.2, 0.25) is 0 Å². The van der Waals surface area contributed by atoms with E-state index in [2.05, 4.69) is 5.32 Å². The van der Waals surface area contributed by atoms with Gasteiger partial charge >= 0.3 is 0 Å². The van der Waals surface area contributed by atoms with Crippen LogP contribution in [0.15, 0.2) is 66.0 Å². The summed E-state index contributed by atoms with van der Waals surface area (Å²) in [4.78, 5) is 29.7. The van der Waals surface area contributed by atoms with Gasteiger partial charge in [0.15, 0.2) is 0 Å². The molecule has 0 bridgehead atoms. The van der Waals surface area contributed by atoms with Gasteiger partial charge in [0.25, 0.3) is 0 Å². The van der Waals surface area contributed by atoms with Crippen LogP contribution in [0.3, 0.4) is 0 Å². The van der Waals surface area contributed by atoms with E-state index in [9.17, 15) is 9.59 Å². The number of rotatable bonds is 9. The number of thiophene rings is 1. The summed E-state index contributed by atoms with van der Waals surface area (Å²) >= 11 is 1.47. The molecule has 1 aliphatic rings. The molecule has 1 atom stereocenters. The van der Waals surface area contributed by atoms with E-state index in [-0.39, 0.29) is 29.8 Å². The topological polar surface area (TPSA) is 58.6 Å². The second kappa shape index (κ2) is 11.3. The molecule has 178 valence electrons. The van der Waals surface area contributed by atoms with Crippen LogP contribution in [0.4, 0.5) is 10.1 Å². The maximum Gasteiger partial charge on any atom is 0.248 e. The molecule has 0 unspecified atom stereocenters. The van der Waals surface area contributed by atoms with Gasteiger partial charge in [0.05, 0.1) is 13.0 Å². The zero-order valence-electron chi connectivity index (χ0n) is 19.2. The van der Waals surface area contributed by atoms with Gasteiger partial charge in [-0.25, -0.2) is 4.39 Å². The minimum Gasteiger partial charge on any atom is -0.494 e. The Morgan fingerprint density at radius 1 is 1.12 bits per heavy atom. The molecule has 0 aliphatic heterocycles. The van der Waals surface area contributed by atoms with Gasteiger partial charge in [-0.05, 0) is 49.4 Å². The smallest absolute Gasteiger partial charge is 0.248 e. The van der Waals surface area contributed by atoms with Gasteiger partial charge in [-0.15, -0.1) is 11.3 Å². The first-order valence-electron chi connectivity index (χ1n) is 11.7. The van der Waals surface area contributed by atoms with E-state index in [0.29, 0.717) is 18.0 Å². The van der Waals surface area contributed by atoms with Crippen molar-refractivity contribution in [2.45, 2.75) is 51.1 Å². The van der Waals surface area contributed by atoms with E-state index in [1.54, 1.807) is 42.5 Å². The standard InChI is InChI=1S/C27H29FN2O3S/c1-2-33-21-12-7-11-20(17-21)30(25(31)18-22-13-8-16-34-22)26(23-14-5-6-15-24(23)28)27(32)29-19-9-3-4-10-19/h5-8,11-17,19,26H,2-4,9-10,18H2,1H3,(H,29,32)/t26-/m1/s1. The molecular weight excluding hydrogens is 451 g/mol. The van der Waals surface area contributed by atoms with Gasteiger partial charge in [0.2, 0.25) is 11.8 Å². The predicted molar refractivity (Wildman–Crippen MR) is 133 cm³/mol. The molecule has 7 heteroatoms. The molecule has 2 aromatic carbocycles. The molecule has 0 spiro atoms. The van der Waals surface area contributed by atoms with E-state index >= 15 is 4.39 Å². The SMILES string of the molecule is CCOc1cccc(N(C(=O)Cc2cccs2)[C@@H](C(=O)NC2CCCC2)c2ccccc2F)c1. The summed E-state index contributed by atoms with van der Waals surface area (Å²) in [7, 11) is 0. The second-order valence-electron chi connectivity index (χ2n) is 8.36. The Kier molecular flexibility index (Phi) is 7.95. The van der Waals surface area contributed by atoms with Crippen molar-refractivity contribution in [3.8, 4) is 5.75 Å². The number of carbonyl (C=O) groups is 2. The Labute approximate surface area is 203 Å². The van der Waals surface area contributed by atoms with Crippen LogP contribution in [0.5, 0.6) is 5.75 Å². The monoisotopic (exact) mass is 480 g/mol. The first-order chi connectivity index (χ1) is 16.6. The number of hydrogen-bond donors (Lipinski definition) is 1. The van der Waals surface area contributed by atoms with Crippen molar-refractivity contribution in [1.82, 2.24) is 5.32 Å². The van der Waals surface area contributed by atoms with E-state index in [1.807, 2.05) is 24.4 Å². The Balaban J connectivity index is 1.79. The highest BCUT2D eigenvalue weighted by atomic mass is 32.1. The molecule has 5 nitrogen and oxygen atoms in total. The summed E-state index contributed by atoms with van der Waals surface area (Å²) in [6, 6.07) is 15.9. The number of carbonyl (C=O) groups excluding carboxylic acids is 2. The fraction of sp³-hybridized carbons (Fsp3) is 0.333. The number of ether oxygens (including phenoxy) is 1. The maximum absolute atomic E-state index is 15.1. The number of anilines is 1. The van der Waals surface area contributed by atoms with Crippen LogP contribution in [-0.4, -0.2) is 24.5 Å². The van der Waals surface area contributed by atoms with Crippen molar-refractivity contribution >= 4 is 28.8 Å². The van der Waals surface area contributed by atoms with Crippen LogP contribution in [0, 0.1) is 5.82 Å². The quantitative estimate of drug-likeness (QED) is 0.430. The lowest BCUT2D eigenvalue weighted by molar-refractivity contribution is -0.127. The Bertz CT molecular complexity index is 1110. The normalized spacial score (nSPS) is 14.5. The predicted octanol–water partition coefficient (Wildman–Crippen LogP) is 5.66. The maximum atomic E-state index is 15.1. The van der Waals surface area contributed by atoms with Gasteiger partial charge < -0.3 is 10.1 Å². The first kappa shape index (κ1) is 24.0. The third-order valence-electron chi connectivity index (χ3n) is 5.99. The molecule has 1 saturated carbocycles. The molecule has 34 heavy (non-hydrogen) atoms. The Hall–Kier alpha value is -3.19. The fourth-order valence-corrected chi connectivity index (χ4v) is 5.11. The number of halogens is 1. The lowest BCUT2D eigenvalue weighted by atomic mass is 10.0. The average molecular weight is 481 g/mol. The largest absolute Gasteiger partial charge is 0.494 e. The summed E-state index contributed by atoms with van der Waals surface area (Å²) in [5.74, 6) is -0.606. The van der Waals surface area contributed by atoms with Crippen molar-refractivity contribution in [2.24, 2.45) is 0 Å². The molecule has 4 rings (SSSR count). The number of benzene rings is 2. The summed E-state index contributed by atoms with van der Waals surface area (Å²) < 4.78 is 20.7. The molecule has 3 aromatic rings. The van der Waals surface area contributed by atoms with Crippen LogP contribution >= 0.6 is 11.3 Å². The Morgan fingerprint density at radius 2 is 1.91 bits per heavy atom. The fourth-order valence-electron chi connectivity index (χ4n) is 4.42. The number of amides is 2. The van der Waals surface area contributed by atoms with E-state index < -0.39 is 11.9 Å². The molecular formula is C27H29FN2O3S. The molecule has 0 radical (unpaired) electrons. The lowest BCUT2D eigenvalue weighted by Gasteiger charge is -2.32. The summed E-state index contributed by atoms with van der Waals surface area (Å²) in [5, 5.41) is 4.99. The van der Waals surface area contributed by atoms with Gasteiger partial charge in [0.1, 0.15) is 17.6 Å². The van der Waals surface area contributed by atoms with Crippen molar-refractivity contribution in [2.75, 3.05) is 11.5 Å². The summed E-state index contributed by atoms with van der Waals surface area (Å²) in [6.45, 7) is 2.34. The van der Waals surface area contributed by atoms with Gasteiger partial charge in [-0.2, -0.15) is 0 Å². The highest BCUT2D eigenvalue weighted by Crippen LogP contribution is 2.33. The summed E-state index contributed by atoms with van der Waals surface area (Å²) in [5.41, 5.74) is 0.654. The zero-order chi connectivity index (χ0) is 23.9. The van der Waals surface area contributed by atoms with Crippen LogP contribution < -0.4 is 15.0 Å². The van der Waals surface area contributed by atoms with E-state index in [0.717, 1.165) is 30.6 Å². The molecule has 2 amide bonds. The molecule has 1 aliphatic carbocycles. The van der Waals surface area contributed by atoms with Crippen molar-refractivity contribution < 1.29 is 18.7 Å². The zero-order valence-corrected chi connectivity index (χ0v) is 20.0. The first-order valence-corrected chi connectivity index (χ1v) is 12.6. The van der Waals surface area contributed by atoms with Crippen LogP contribution in [0.25, 0.3) is 0 Å². The molecule has 1 aromatic heterocycles. The number of nitrogens with zero attached hydrogens (tertiary/aromatic N) is 1. The van der Waals surface area contributed by atoms with Gasteiger partial charge in [0, 0.05) is 28.2 Å². The van der Waals surface area contributed by atoms with Crippen LogP contribution in [0.1, 0.15) is 49.1 Å². The summed E-state index contributed by atoms with van der Waals surface area (Å²) in [6.07, 6.45) is 3.98. The second-order valence-corrected chi connectivity index (χ2v) is 9.40. The van der Waals surface area contributed by atoms with Crippen molar-refractivity contribution in [3.63, 3.8) is 0 Å².